The van der Waals surface area contributed by atoms with Gasteiger partial charge in [0.15, 0.2) is 0 Å². The van der Waals surface area contributed by atoms with E-state index in [0.717, 1.165) is 18.0 Å². The Morgan fingerprint density at radius 3 is 2.41 bits per heavy atom. The molecule has 0 unspecified atom stereocenters. The second-order valence-electron chi connectivity index (χ2n) is 6.53. The summed E-state index contributed by atoms with van der Waals surface area (Å²) in [4.78, 5) is 18.2. The van der Waals surface area contributed by atoms with Crippen molar-refractivity contribution >= 4 is 33.9 Å². The first-order valence-corrected chi connectivity index (χ1v) is 8.92. The topological polar surface area (TPSA) is 54.5 Å². The zero-order chi connectivity index (χ0) is 21.2. The second-order valence-corrected chi connectivity index (χ2v) is 6.53. The molecule has 5 nitrogen and oxygen atoms in total. The lowest BCUT2D eigenvalue weighted by Crippen LogP contribution is -2.12. The lowest BCUT2D eigenvalue weighted by Gasteiger charge is -2.17. The number of halogens is 3. The Bertz CT molecular complexity index is 1030. The number of carbonyl (C=O) groups excluding carboxylic acids is 1. The third kappa shape index (κ3) is 4.26. The van der Waals surface area contributed by atoms with E-state index in [4.69, 9.17) is 4.74 Å². The van der Waals surface area contributed by atoms with Crippen LogP contribution in [0.3, 0.4) is 0 Å². The highest BCUT2D eigenvalue weighted by molar-refractivity contribution is 6.06. The minimum absolute atomic E-state index is 0.0651. The van der Waals surface area contributed by atoms with Crippen molar-refractivity contribution in [3.05, 3.63) is 59.8 Å². The molecule has 0 bridgehead atoms. The van der Waals surface area contributed by atoms with Crippen LogP contribution >= 0.6 is 0 Å². The van der Waals surface area contributed by atoms with Crippen LogP contribution in [0.25, 0.3) is 10.9 Å². The van der Waals surface area contributed by atoms with Crippen molar-refractivity contribution in [2.45, 2.75) is 13.1 Å². The SMILES string of the molecule is CCOC(=O)c1cnc2c(C(F)(F)F)cccc2c1Nc1ccc(N(C)C)cc1. The molecule has 29 heavy (non-hydrogen) atoms. The highest BCUT2D eigenvalue weighted by atomic mass is 19.4. The molecule has 0 amide bonds. The van der Waals surface area contributed by atoms with Crippen LogP contribution in [0.5, 0.6) is 0 Å². The average Bonchev–Trinajstić information content (AvgIpc) is 2.67. The Balaban J connectivity index is 2.17. The maximum absolute atomic E-state index is 13.4. The van der Waals surface area contributed by atoms with Crippen molar-refractivity contribution in [3.8, 4) is 0 Å². The van der Waals surface area contributed by atoms with E-state index in [9.17, 15) is 18.0 Å². The summed E-state index contributed by atoms with van der Waals surface area (Å²) in [5, 5.41) is 3.26. The number of carbonyl (C=O) groups is 1. The van der Waals surface area contributed by atoms with Gasteiger partial charge in [-0.2, -0.15) is 13.2 Å². The molecule has 3 rings (SSSR count). The molecule has 0 atom stereocenters. The van der Waals surface area contributed by atoms with Gasteiger partial charge in [0.1, 0.15) is 5.56 Å². The minimum Gasteiger partial charge on any atom is -0.462 e. The number of alkyl halides is 3. The van der Waals surface area contributed by atoms with Crippen molar-refractivity contribution in [2.24, 2.45) is 0 Å². The summed E-state index contributed by atoms with van der Waals surface area (Å²) in [5.41, 5.74) is 0.760. The molecule has 0 saturated heterocycles. The lowest BCUT2D eigenvalue weighted by atomic mass is 10.0. The van der Waals surface area contributed by atoms with Crippen LogP contribution in [0, 0.1) is 0 Å². The van der Waals surface area contributed by atoms with E-state index in [1.165, 1.54) is 12.1 Å². The number of rotatable bonds is 5. The summed E-state index contributed by atoms with van der Waals surface area (Å²) in [6, 6.07) is 11.0. The Hall–Kier alpha value is -3.29. The van der Waals surface area contributed by atoms with Crippen molar-refractivity contribution < 1.29 is 22.7 Å². The Morgan fingerprint density at radius 2 is 1.83 bits per heavy atom. The molecular weight excluding hydrogens is 383 g/mol. The first kappa shape index (κ1) is 20.4. The molecule has 152 valence electrons. The molecule has 0 spiro atoms. The van der Waals surface area contributed by atoms with Crippen molar-refractivity contribution in [2.75, 3.05) is 30.9 Å². The molecule has 1 aromatic heterocycles. The third-order valence-electron chi connectivity index (χ3n) is 4.35. The van der Waals surface area contributed by atoms with Crippen LogP contribution < -0.4 is 10.2 Å². The number of fused-ring (bicyclic) bond motifs is 1. The monoisotopic (exact) mass is 403 g/mol. The largest absolute Gasteiger partial charge is 0.462 e. The summed E-state index contributed by atoms with van der Waals surface area (Å²) in [7, 11) is 3.80. The number of hydrogen-bond acceptors (Lipinski definition) is 5. The van der Waals surface area contributed by atoms with E-state index in [2.05, 4.69) is 10.3 Å². The van der Waals surface area contributed by atoms with Gasteiger partial charge in [-0.15, -0.1) is 0 Å². The molecule has 0 aliphatic rings. The number of aromatic nitrogens is 1. The highest BCUT2D eigenvalue weighted by Gasteiger charge is 2.34. The minimum atomic E-state index is -4.57. The van der Waals surface area contributed by atoms with Crippen LogP contribution in [0.4, 0.5) is 30.2 Å². The number of esters is 1. The van der Waals surface area contributed by atoms with Gasteiger partial charge in [-0.25, -0.2) is 4.79 Å². The number of anilines is 3. The van der Waals surface area contributed by atoms with Gasteiger partial charge in [-0.3, -0.25) is 4.98 Å². The summed E-state index contributed by atoms with van der Waals surface area (Å²) < 4.78 is 45.3. The molecule has 0 radical (unpaired) electrons. The first-order valence-electron chi connectivity index (χ1n) is 8.92. The van der Waals surface area contributed by atoms with E-state index in [1.54, 1.807) is 19.1 Å². The zero-order valence-corrected chi connectivity index (χ0v) is 16.2. The maximum Gasteiger partial charge on any atom is 0.418 e. The predicted octanol–water partition coefficient (Wildman–Crippen LogP) is 5.24. The Morgan fingerprint density at radius 1 is 1.14 bits per heavy atom. The number of ether oxygens (including phenoxy) is 1. The zero-order valence-electron chi connectivity index (χ0n) is 16.2. The van der Waals surface area contributed by atoms with Gasteiger partial charge >= 0.3 is 12.1 Å². The van der Waals surface area contributed by atoms with E-state index < -0.39 is 17.7 Å². The van der Waals surface area contributed by atoms with Gasteiger partial charge in [0.2, 0.25) is 0 Å². The molecular formula is C21H20F3N3O2. The van der Waals surface area contributed by atoms with Gasteiger partial charge in [-0.1, -0.05) is 12.1 Å². The smallest absolute Gasteiger partial charge is 0.418 e. The predicted molar refractivity (Wildman–Crippen MR) is 107 cm³/mol. The summed E-state index contributed by atoms with van der Waals surface area (Å²) in [5.74, 6) is -0.660. The molecule has 0 fully saturated rings. The molecule has 1 heterocycles. The van der Waals surface area contributed by atoms with Crippen LogP contribution in [0.15, 0.2) is 48.7 Å². The molecule has 1 N–H and O–H groups in total. The van der Waals surface area contributed by atoms with Gasteiger partial charge in [0.05, 0.1) is 23.4 Å². The van der Waals surface area contributed by atoms with Gasteiger partial charge in [-0.05, 0) is 37.3 Å². The van der Waals surface area contributed by atoms with Crippen LogP contribution in [0.1, 0.15) is 22.8 Å². The molecule has 3 aromatic rings. The number of hydrogen-bond donors (Lipinski definition) is 1. The number of benzene rings is 2. The number of pyridine rings is 1. The van der Waals surface area contributed by atoms with Crippen LogP contribution in [-0.4, -0.2) is 31.7 Å². The van der Waals surface area contributed by atoms with Crippen molar-refractivity contribution in [1.82, 2.24) is 4.98 Å². The van der Waals surface area contributed by atoms with E-state index in [1.807, 2.05) is 31.1 Å². The van der Waals surface area contributed by atoms with Crippen LogP contribution in [0.2, 0.25) is 0 Å². The Labute approximate surface area is 166 Å². The van der Waals surface area contributed by atoms with Gasteiger partial charge < -0.3 is 15.0 Å². The summed E-state index contributed by atoms with van der Waals surface area (Å²) in [6.07, 6.45) is -3.45. The summed E-state index contributed by atoms with van der Waals surface area (Å²) in [6.45, 7) is 1.79. The second kappa shape index (κ2) is 7.98. The van der Waals surface area contributed by atoms with Crippen molar-refractivity contribution in [1.29, 1.82) is 0 Å². The average molecular weight is 403 g/mol. The van der Waals surface area contributed by atoms with Crippen LogP contribution in [-0.2, 0) is 10.9 Å². The molecule has 0 saturated carbocycles. The molecule has 2 aromatic carbocycles. The number of nitrogens with one attached hydrogen (secondary N) is 1. The third-order valence-corrected chi connectivity index (χ3v) is 4.35. The standard InChI is InChI=1S/C21H20F3N3O2/c1-4-29-20(28)16-12-25-19-15(6-5-7-17(19)21(22,23)24)18(16)26-13-8-10-14(11-9-13)27(2)3/h5-12H,4H2,1-3H3,(H,25,26). The van der Waals surface area contributed by atoms with E-state index >= 15 is 0 Å². The maximum atomic E-state index is 13.4. The Kier molecular flexibility index (Phi) is 5.63. The highest BCUT2D eigenvalue weighted by Crippen LogP contribution is 2.38. The molecule has 8 heteroatoms. The van der Waals surface area contributed by atoms with Gasteiger partial charge in [0, 0.05) is 37.1 Å². The molecule has 0 aliphatic heterocycles. The van der Waals surface area contributed by atoms with E-state index in [0.29, 0.717) is 5.69 Å². The lowest BCUT2D eigenvalue weighted by molar-refractivity contribution is -0.136. The fourth-order valence-corrected chi connectivity index (χ4v) is 2.94. The fourth-order valence-electron chi connectivity index (χ4n) is 2.94. The van der Waals surface area contributed by atoms with Crippen molar-refractivity contribution in [3.63, 3.8) is 0 Å². The number of para-hydroxylation sites is 1. The fraction of sp³-hybridized carbons (Fsp3) is 0.238. The van der Waals surface area contributed by atoms with Gasteiger partial charge in [0.25, 0.3) is 0 Å². The quantitative estimate of drug-likeness (QED) is 0.591. The summed E-state index contributed by atoms with van der Waals surface area (Å²) >= 11 is 0. The molecule has 0 aliphatic carbocycles. The van der Waals surface area contributed by atoms with E-state index in [-0.39, 0.29) is 28.8 Å². The normalized spacial score (nSPS) is 11.4. The first-order chi connectivity index (χ1) is 13.7. The number of nitrogens with zero attached hydrogens (tertiary/aromatic N) is 2.